The lowest BCUT2D eigenvalue weighted by Crippen LogP contribution is -2.05. The molecular formula is C18H18ClN3O2. The quantitative estimate of drug-likeness (QED) is 0.665. The third kappa shape index (κ3) is 4.11. The third-order valence-corrected chi connectivity index (χ3v) is 3.69. The minimum Gasteiger partial charge on any atom is -0.489 e. The summed E-state index contributed by atoms with van der Waals surface area (Å²) in [5.74, 6) is 1.77. The van der Waals surface area contributed by atoms with E-state index in [2.05, 4.69) is 15.1 Å². The Bertz CT molecular complexity index is 803. The number of ether oxygens (including phenoxy) is 1. The molecule has 3 aromatic rings. The Morgan fingerprint density at radius 3 is 2.62 bits per heavy atom. The molecule has 124 valence electrons. The maximum absolute atomic E-state index is 6.25. The summed E-state index contributed by atoms with van der Waals surface area (Å²) >= 11 is 6.25. The zero-order valence-electron chi connectivity index (χ0n) is 13.6. The Morgan fingerprint density at radius 1 is 1.12 bits per heavy atom. The molecule has 0 saturated heterocycles. The second kappa shape index (κ2) is 7.45. The summed E-state index contributed by atoms with van der Waals surface area (Å²) in [4.78, 5) is 8.44. The molecule has 5 nitrogen and oxygen atoms in total. The Balaban J connectivity index is 1.70. The molecule has 0 amide bonds. The van der Waals surface area contributed by atoms with E-state index in [0.29, 0.717) is 28.9 Å². The van der Waals surface area contributed by atoms with Crippen molar-refractivity contribution in [3.63, 3.8) is 0 Å². The second-order valence-corrected chi connectivity index (χ2v) is 6.09. The summed E-state index contributed by atoms with van der Waals surface area (Å²) in [6, 6.07) is 9.44. The van der Waals surface area contributed by atoms with Crippen LogP contribution in [0.1, 0.15) is 25.3 Å². The first kappa shape index (κ1) is 16.5. The highest BCUT2D eigenvalue weighted by atomic mass is 35.5. The van der Waals surface area contributed by atoms with E-state index in [0.717, 1.165) is 12.0 Å². The molecule has 0 saturated carbocycles. The van der Waals surface area contributed by atoms with Crippen molar-refractivity contribution in [3.8, 4) is 17.1 Å². The van der Waals surface area contributed by atoms with Crippen molar-refractivity contribution < 1.29 is 9.26 Å². The summed E-state index contributed by atoms with van der Waals surface area (Å²) in [6.45, 7) is 3.91. The molecule has 1 aromatic carbocycles. The number of hydrogen-bond acceptors (Lipinski definition) is 5. The van der Waals surface area contributed by atoms with Crippen molar-refractivity contribution in [3.05, 3.63) is 59.2 Å². The molecule has 0 unspecified atom stereocenters. The van der Waals surface area contributed by atoms with Gasteiger partial charge >= 0.3 is 0 Å². The fourth-order valence-electron chi connectivity index (χ4n) is 2.26. The summed E-state index contributed by atoms with van der Waals surface area (Å²) in [5, 5.41) is 4.56. The van der Waals surface area contributed by atoms with E-state index in [4.69, 9.17) is 20.9 Å². The number of aromatic nitrogens is 3. The van der Waals surface area contributed by atoms with Crippen LogP contribution in [0, 0.1) is 0 Å². The smallest absolute Gasteiger partial charge is 0.227 e. The van der Waals surface area contributed by atoms with Crippen LogP contribution in [-0.2, 0) is 12.8 Å². The van der Waals surface area contributed by atoms with E-state index in [9.17, 15) is 0 Å². The van der Waals surface area contributed by atoms with Crippen LogP contribution in [0.3, 0.4) is 0 Å². The van der Waals surface area contributed by atoms with Crippen LogP contribution >= 0.6 is 11.6 Å². The average molecular weight is 344 g/mol. The van der Waals surface area contributed by atoms with E-state index in [1.807, 2.05) is 38.1 Å². The maximum atomic E-state index is 6.25. The van der Waals surface area contributed by atoms with E-state index in [1.165, 1.54) is 5.56 Å². The van der Waals surface area contributed by atoms with Crippen molar-refractivity contribution in [2.45, 2.75) is 32.8 Å². The number of benzene rings is 1. The van der Waals surface area contributed by atoms with Crippen LogP contribution in [0.4, 0.5) is 0 Å². The van der Waals surface area contributed by atoms with Gasteiger partial charge in [-0.1, -0.05) is 16.8 Å². The molecule has 0 atom stereocenters. The van der Waals surface area contributed by atoms with Gasteiger partial charge in [-0.25, -0.2) is 0 Å². The molecule has 0 spiro atoms. The lowest BCUT2D eigenvalue weighted by atomic mass is 10.1. The lowest BCUT2D eigenvalue weighted by molar-refractivity contribution is 0.242. The van der Waals surface area contributed by atoms with Gasteiger partial charge in [0.2, 0.25) is 11.7 Å². The molecule has 0 fully saturated rings. The largest absolute Gasteiger partial charge is 0.489 e. The van der Waals surface area contributed by atoms with Gasteiger partial charge in [-0.3, -0.25) is 4.98 Å². The standard InChI is InChI=1S/C18H18ClN3O2/c1-12(2)23-16-5-4-14(11-15(16)19)18-21-17(24-22-18)6-3-13-7-9-20-10-8-13/h4-5,7-12H,3,6H2,1-2H3. The van der Waals surface area contributed by atoms with Crippen LogP contribution in [0.25, 0.3) is 11.4 Å². The number of halogens is 1. The Labute approximate surface area is 145 Å². The lowest BCUT2D eigenvalue weighted by Gasteiger charge is -2.11. The van der Waals surface area contributed by atoms with Crippen LogP contribution < -0.4 is 4.74 Å². The van der Waals surface area contributed by atoms with Crippen LogP contribution in [-0.4, -0.2) is 21.2 Å². The first-order chi connectivity index (χ1) is 11.6. The van der Waals surface area contributed by atoms with Gasteiger partial charge in [0.25, 0.3) is 0 Å². The van der Waals surface area contributed by atoms with Crippen molar-refractivity contribution in [1.82, 2.24) is 15.1 Å². The van der Waals surface area contributed by atoms with Crippen molar-refractivity contribution in [2.75, 3.05) is 0 Å². The molecule has 0 aliphatic heterocycles. The second-order valence-electron chi connectivity index (χ2n) is 5.68. The molecule has 6 heteroatoms. The van der Waals surface area contributed by atoms with Crippen LogP contribution in [0.5, 0.6) is 5.75 Å². The van der Waals surface area contributed by atoms with Gasteiger partial charge in [-0.2, -0.15) is 4.98 Å². The molecule has 0 radical (unpaired) electrons. The SMILES string of the molecule is CC(C)Oc1ccc(-c2noc(CCc3ccncc3)n2)cc1Cl. The van der Waals surface area contributed by atoms with E-state index < -0.39 is 0 Å². The van der Waals surface area contributed by atoms with Crippen molar-refractivity contribution in [2.24, 2.45) is 0 Å². The van der Waals surface area contributed by atoms with Gasteiger partial charge in [0.05, 0.1) is 11.1 Å². The minimum atomic E-state index is 0.0679. The highest BCUT2D eigenvalue weighted by Gasteiger charge is 2.12. The van der Waals surface area contributed by atoms with Gasteiger partial charge in [0.15, 0.2) is 0 Å². The molecule has 0 N–H and O–H groups in total. The fraction of sp³-hybridized carbons (Fsp3) is 0.278. The topological polar surface area (TPSA) is 61.0 Å². The summed E-state index contributed by atoms with van der Waals surface area (Å²) in [6.07, 6.45) is 5.12. The normalized spacial score (nSPS) is 11.0. The zero-order chi connectivity index (χ0) is 16.9. The number of pyridine rings is 1. The summed E-state index contributed by atoms with van der Waals surface area (Å²) < 4.78 is 11.0. The van der Waals surface area contributed by atoms with E-state index in [-0.39, 0.29) is 6.10 Å². The Morgan fingerprint density at radius 2 is 1.92 bits per heavy atom. The summed E-state index contributed by atoms with van der Waals surface area (Å²) in [7, 11) is 0. The first-order valence-corrected chi connectivity index (χ1v) is 8.17. The minimum absolute atomic E-state index is 0.0679. The van der Waals surface area contributed by atoms with Crippen LogP contribution in [0.15, 0.2) is 47.2 Å². The van der Waals surface area contributed by atoms with Crippen molar-refractivity contribution >= 4 is 11.6 Å². The van der Waals surface area contributed by atoms with E-state index >= 15 is 0 Å². The molecule has 0 aliphatic carbocycles. The number of nitrogens with zero attached hydrogens (tertiary/aromatic N) is 3. The average Bonchev–Trinajstić information content (AvgIpc) is 3.04. The predicted octanol–water partition coefficient (Wildman–Crippen LogP) is 4.36. The molecule has 0 bridgehead atoms. The van der Waals surface area contributed by atoms with Crippen molar-refractivity contribution in [1.29, 1.82) is 0 Å². The highest BCUT2D eigenvalue weighted by Crippen LogP contribution is 2.30. The third-order valence-electron chi connectivity index (χ3n) is 3.40. The molecule has 2 aromatic heterocycles. The van der Waals surface area contributed by atoms with Gasteiger partial charge in [-0.05, 0) is 56.2 Å². The zero-order valence-corrected chi connectivity index (χ0v) is 14.3. The number of rotatable bonds is 6. The van der Waals surface area contributed by atoms with Gasteiger partial charge in [0, 0.05) is 24.4 Å². The maximum Gasteiger partial charge on any atom is 0.227 e. The summed E-state index contributed by atoms with van der Waals surface area (Å²) in [5.41, 5.74) is 1.98. The number of hydrogen-bond donors (Lipinski definition) is 0. The van der Waals surface area contributed by atoms with E-state index in [1.54, 1.807) is 18.5 Å². The highest BCUT2D eigenvalue weighted by molar-refractivity contribution is 6.32. The first-order valence-electron chi connectivity index (χ1n) is 7.80. The molecule has 2 heterocycles. The Kier molecular flexibility index (Phi) is 5.11. The van der Waals surface area contributed by atoms with Gasteiger partial charge in [-0.15, -0.1) is 0 Å². The van der Waals surface area contributed by atoms with Gasteiger partial charge in [0.1, 0.15) is 5.75 Å². The number of aryl methyl sites for hydroxylation is 2. The fourth-order valence-corrected chi connectivity index (χ4v) is 2.49. The predicted molar refractivity (Wildman–Crippen MR) is 92.2 cm³/mol. The molecule has 24 heavy (non-hydrogen) atoms. The molecule has 3 rings (SSSR count). The molecule has 0 aliphatic rings. The monoisotopic (exact) mass is 343 g/mol. The van der Waals surface area contributed by atoms with Gasteiger partial charge < -0.3 is 9.26 Å². The molecular weight excluding hydrogens is 326 g/mol. The Hall–Kier alpha value is -2.40. The van der Waals surface area contributed by atoms with Crippen LogP contribution in [0.2, 0.25) is 5.02 Å².